The fraction of sp³-hybridized carbons (Fsp3) is 0.167. The van der Waals surface area contributed by atoms with E-state index in [1.807, 2.05) is 0 Å². The van der Waals surface area contributed by atoms with Crippen molar-refractivity contribution in [2.24, 2.45) is 0 Å². The van der Waals surface area contributed by atoms with Crippen molar-refractivity contribution in [3.63, 3.8) is 0 Å². The van der Waals surface area contributed by atoms with E-state index in [-0.39, 0.29) is 23.5 Å². The number of carbonyl (C=O) groups is 2. The van der Waals surface area contributed by atoms with Crippen LogP contribution in [0.2, 0.25) is 0 Å². The predicted molar refractivity (Wildman–Crippen MR) is 57.2 cm³/mol. The summed E-state index contributed by atoms with van der Waals surface area (Å²) < 4.78 is 0. The van der Waals surface area contributed by atoms with Crippen LogP contribution in [0.5, 0.6) is 5.75 Å². The normalized spacial score (nSPS) is 9.06. The van der Waals surface area contributed by atoms with Crippen molar-refractivity contribution >= 4 is 11.8 Å². The van der Waals surface area contributed by atoms with Crippen LogP contribution in [0.1, 0.15) is 29.3 Å². The lowest BCUT2D eigenvalue weighted by Gasteiger charge is -1.99. The molecule has 82 valence electrons. The Morgan fingerprint density at radius 1 is 1.38 bits per heavy atom. The molecule has 0 bridgehead atoms. The fourth-order valence-corrected chi connectivity index (χ4v) is 1.13. The molecule has 2 N–H and O–H groups in total. The molecule has 1 rings (SSSR count). The number of hydrogen-bond acceptors (Lipinski definition) is 3. The van der Waals surface area contributed by atoms with Gasteiger partial charge in [-0.1, -0.05) is 11.8 Å². The molecule has 0 spiro atoms. The van der Waals surface area contributed by atoms with Crippen LogP contribution >= 0.6 is 0 Å². The number of carbonyl (C=O) groups excluding carboxylic acids is 1. The quantitative estimate of drug-likeness (QED) is 0.581. The molecule has 0 heterocycles. The maximum atomic E-state index is 11.0. The standard InChI is InChI=1S/C12H10O4/c1-8(13)10-6-5-9(7-11(10)14)3-2-4-12(15)16/h5-7,14H,4H2,1H3,(H,15,16). The highest BCUT2D eigenvalue weighted by molar-refractivity contribution is 5.96. The van der Waals surface area contributed by atoms with E-state index in [1.54, 1.807) is 6.07 Å². The Hall–Kier alpha value is -2.28. The molecule has 0 saturated heterocycles. The minimum Gasteiger partial charge on any atom is -0.507 e. The van der Waals surface area contributed by atoms with Gasteiger partial charge in [-0.3, -0.25) is 9.59 Å². The first-order valence-electron chi connectivity index (χ1n) is 4.55. The van der Waals surface area contributed by atoms with Crippen LogP contribution in [0, 0.1) is 11.8 Å². The van der Waals surface area contributed by atoms with E-state index in [0.29, 0.717) is 5.56 Å². The van der Waals surface area contributed by atoms with E-state index in [1.165, 1.54) is 19.1 Å². The van der Waals surface area contributed by atoms with Gasteiger partial charge in [0, 0.05) is 5.56 Å². The summed E-state index contributed by atoms with van der Waals surface area (Å²) in [5.41, 5.74) is 0.701. The van der Waals surface area contributed by atoms with Gasteiger partial charge in [-0.25, -0.2) is 0 Å². The molecule has 4 nitrogen and oxygen atoms in total. The molecule has 0 aliphatic carbocycles. The van der Waals surface area contributed by atoms with E-state index in [4.69, 9.17) is 5.11 Å². The van der Waals surface area contributed by atoms with Gasteiger partial charge in [0.2, 0.25) is 0 Å². The molecule has 0 unspecified atom stereocenters. The summed E-state index contributed by atoms with van der Waals surface area (Å²) in [7, 11) is 0. The van der Waals surface area contributed by atoms with Crippen LogP contribution in [0.3, 0.4) is 0 Å². The lowest BCUT2D eigenvalue weighted by Crippen LogP contribution is -1.93. The van der Waals surface area contributed by atoms with Gasteiger partial charge in [-0.2, -0.15) is 0 Å². The number of aliphatic carboxylic acids is 1. The summed E-state index contributed by atoms with van der Waals surface area (Å²) in [6.45, 7) is 1.35. The number of Topliss-reactive ketones (excluding diaryl/α,β-unsaturated/α-hetero) is 1. The Bertz CT molecular complexity index is 491. The Kier molecular flexibility index (Phi) is 3.67. The highest BCUT2D eigenvalue weighted by Crippen LogP contribution is 2.18. The molecule has 0 aliphatic heterocycles. The van der Waals surface area contributed by atoms with Crippen molar-refractivity contribution in [3.05, 3.63) is 29.3 Å². The Morgan fingerprint density at radius 3 is 2.56 bits per heavy atom. The number of rotatable bonds is 2. The van der Waals surface area contributed by atoms with Crippen LogP contribution in [0.15, 0.2) is 18.2 Å². The smallest absolute Gasteiger partial charge is 0.315 e. The first-order valence-corrected chi connectivity index (χ1v) is 4.55. The third-order valence-electron chi connectivity index (χ3n) is 1.85. The average molecular weight is 218 g/mol. The Morgan fingerprint density at radius 2 is 2.06 bits per heavy atom. The molecule has 0 radical (unpaired) electrons. The van der Waals surface area contributed by atoms with Crippen LogP contribution in [0.25, 0.3) is 0 Å². The van der Waals surface area contributed by atoms with Gasteiger partial charge in [0.1, 0.15) is 12.2 Å². The fourth-order valence-electron chi connectivity index (χ4n) is 1.13. The van der Waals surface area contributed by atoms with Gasteiger partial charge in [0.15, 0.2) is 5.78 Å². The lowest BCUT2D eigenvalue weighted by atomic mass is 10.1. The first kappa shape index (κ1) is 11.8. The molecule has 0 aliphatic rings. The maximum absolute atomic E-state index is 11.0. The van der Waals surface area contributed by atoms with Crippen LogP contribution < -0.4 is 0 Å². The summed E-state index contributed by atoms with van der Waals surface area (Å²) in [4.78, 5) is 21.2. The molecule has 16 heavy (non-hydrogen) atoms. The van der Waals surface area contributed by atoms with Crippen LogP contribution in [0.4, 0.5) is 0 Å². The van der Waals surface area contributed by atoms with E-state index in [0.717, 1.165) is 0 Å². The summed E-state index contributed by atoms with van der Waals surface area (Å²) >= 11 is 0. The highest BCUT2D eigenvalue weighted by atomic mass is 16.4. The zero-order valence-corrected chi connectivity index (χ0v) is 8.65. The second-order valence-electron chi connectivity index (χ2n) is 3.16. The Balaban J connectivity index is 2.92. The van der Waals surface area contributed by atoms with Gasteiger partial charge in [-0.05, 0) is 25.1 Å². The van der Waals surface area contributed by atoms with Crippen molar-refractivity contribution in [2.45, 2.75) is 13.3 Å². The van der Waals surface area contributed by atoms with Crippen molar-refractivity contribution in [1.29, 1.82) is 0 Å². The molecule has 4 heteroatoms. The molecular formula is C12H10O4. The monoisotopic (exact) mass is 218 g/mol. The zero-order chi connectivity index (χ0) is 12.1. The largest absolute Gasteiger partial charge is 0.507 e. The van der Waals surface area contributed by atoms with Crippen LogP contribution in [-0.2, 0) is 4.79 Å². The van der Waals surface area contributed by atoms with Gasteiger partial charge in [-0.15, -0.1) is 0 Å². The molecule has 0 saturated carbocycles. The van der Waals surface area contributed by atoms with Gasteiger partial charge >= 0.3 is 5.97 Å². The first-order chi connectivity index (χ1) is 7.50. The number of phenols is 1. The molecule has 0 fully saturated rings. The molecule has 1 aromatic rings. The molecule has 0 atom stereocenters. The van der Waals surface area contributed by atoms with E-state index < -0.39 is 5.97 Å². The SMILES string of the molecule is CC(=O)c1ccc(C#CCC(=O)O)cc1O. The zero-order valence-electron chi connectivity index (χ0n) is 8.65. The third-order valence-corrected chi connectivity index (χ3v) is 1.85. The number of benzene rings is 1. The van der Waals surface area contributed by atoms with E-state index >= 15 is 0 Å². The van der Waals surface area contributed by atoms with Crippen molar-refractivity contribution in [2.75, 3.05) is 0 Å². The van der Waals surface area contributed by atoms with Crippen molar-refractivity contribution in [3.8, 4) is 17.6 Å². The third kappa shape index (κ3) is 3.14. The van der Waals surface area contributed by atoms with Crippen molar-refractivity contribution in [1.82, 2.24) is 0 Å². The number of ketones is 1. The summed E-state index contributed by atoms with van der Waals surface area (Å²) in [6, 6.07) is 4.36. The lowest BCUT2D eigenvalue weighted by molar-refractivity contribution is -0.135. The molecule has 1 aromatic carbocycles. The summed E-state index contributed by atoms with van der Waals surface area (Å²) in [5.74, 6) is 3.63. The van der Waals surface area contributed by atoms with E-state index in [9.17, 15) is 14.7 Å². The summed E-state index contributed by atoms with van der Waals surface area (Å²) in [6.07, 6.45) is -0.255. The minimum absolute atomic E-state index is 0.144. The molecule has 0 aromatic heterocycles. The highest BCUT2D eigenvalue weighted by Gasteiger charge is 2.05. The maximum Gasteiger partial charge on any atom is 0.315 e. The Labute approximate surface area is 92.5 Å². The van der Waals surface area contributed by atoms with Crippen molar-refractivity contribution < 1.29 is 19.8 Å². The molecule has 0 amide bonds. The number of phenolic OH excluding ortho intramolecular Hbond substituents is 1. The number of aromatic hydroxyl groups is 1. The predicted octanol–water partition coefficient (Wildman–Crippen LogP) is 1.42. The second-order valence-corrected chi connectivity index (χ2v) is 3.16. The van der Waals surface area contributed by atoms with Crippen LogP contribution in [-0.4, -0.2) is 22.0 Å². The topological polar surface area (TPSA) is 74.6 Å². The summed E-state index contributed by atoms with van der Waals surface area (Å²) in [5, 5.41) is 17.8. The number of hydrogen-bond donors (Lipinski definition) is 2. The van der Waals surface area contributed by atoms with E-state index in [2.05, 4.69) is 11.8 Å². The number of carboxylic acids is 1. The van der Waals surface area contributed by atoms with Gasteiger partial charge < -0.3 is 10.2 Å². The number of carboxylic acid groups (broad SMARTS) is 1. The minimum atomic E-state index is -1.00. The van der Waals surface area contributed by atoms with Gasteiger partial charge in [0.25, 0.3) is 0 Å². The average Bonchev–Trinajstić information content (AvgIpc) is 2.16. The molecular weight excluding hydrogens is 208 g/mol. The van der Waals surface area contributed by atoms with Gasteiger partial charge in [0.05, 0.1) is 5.56 Å². The second kappa shape index (κ2) is 4.99.